The number of methoxy groups -OCH3 is 1. The zero-order valence-electron chi connectivity index (χ0n) is 36.4. The highest BCUT2D eigenvalue weighted by Crippen LogP contribution is 2.64. The molecule has 2 bridgehead atoms. The lowest BCUT2D eigenvalue weighted by Crippen LogP contribution is -2.82. The van der Waals surface area contributed by atoms with Crippen LogP contribution in [0.5, 0.6) is 0 Å². The molecule has 5 N–H and O–H groups in total. The molecular weight excluding hydrogens is 802 g/mol. The number of ketones is 1. The number of rotatable bonds is 10. The van der Waals surface area contributed by atoms with Crippen molar-refractivity contribution in [1.82, 2.24) is 5.32 Å². The molecule has 1 heterocycles. The number of ether oxygens (including phenoxy) is 7. The van der Waals surface area contributed by atoms with Crippen LogP contribution >= 0.6 is 0 Å². The summed E-state index contributed by atoms with van der Waals surface area (Å²) < 4.78 is 40.2. The number of esters is 3. The van der Waals surface area contributed by atoms with Crippen LogP contribution in [0.2, 0.25) is 0 Å². The standard InChI is InChI=1S/C43H59NO17/c1-21-24(58-35(51)28(48)31(39(6,7)19-45)44-36(52)60-38(3,4)5)18-43(54)33(59-34(50)23-15-13-12-14-16-23)30-41(10,32(49)29(57-22(2)46)27(21)40(43,8)9)25(47)17-26-42(30,20-56-26)61-37(53)55-11/h12-16,24-26,28-31,33,45,47-48,54H,17-20H2,1-11H3,(H,44,52). The highest BCUT2D eigenvalue weighted by molar-refractivity contribution is 5.95. The molecule has 2 saturated carbocycles. The molecule has 1 aromatic carbocycles. The SMILES string of the molecule is COC(=O)OC12COC1CC(O)C1(C)C(=O)C(OC(C)=O)C3=C(C)C(OC(=O)C(O)C(NC(=O)OC(C)(C)C)C(C)(C)CO)CC(O)(C(OC(=O)c4ccccc4)C21)C3(C)C. The molecule has 61 heavy (non-hydrogen) atoms. The minimum absolute atomic E-state index is 0.0290. The van der Waals surface area contributed by atoms with Crippen LogP contribution in [0, 0.1) is 22.2 Å². The van der Waals surface area contributed by atoms with E-state index in [4.69, 9.17) is 33.2 Å². The van der Waals surface area contributed by atoms with E-state index in [1.54, 1.807) is 39.0 Å². The second-order valence-electron chi connectivity index (χ2n) is 18.9. The fourth-order valence-electron chi connectivity index (χ4n) is 9.53. The summed E-state index contributed by atoms with van der Waals surface area (Å²) >= 11 is 0. The Kier molecular flexibility index (Phi) is 12.9. The number of amides is 1. The lowest BCUT2D eigenvalue weighted by molar-refractivity contribution is -0.344. The largest absolute Gasteiger partial charge is 0.508 e. The van der Waals surface area contributed by atoms with Crippen LogP contribution < -0.4 is 5.32 Å². The number of alkyl carbamates (subject to hydrolysis) is 1. The Morgan fingerprint density at radius 1 is 1.00 bits per heavy atom. The number of fused-ring (bicyclic) bond motifs is 5. The molecule has 11 atom stereocenters. The van der Waals surface area contributed by atoms with E-state index in [0.717, 1.165) is 14.0 Å². The first-order valence-corrected chi connectivity index (χ1v) is 20.1. The topological polar surface area (TPSA) is 260 Å². The summed E-state index contributed by atoms with van der Waals surface area (Å²) in [4.78, 5) is 82.8. The van der Waals surface area contributed by atoms with Gasteiger partial charge in [0.1, 0.15) is 29.5 Å². The number of hydrogen-bond acceptors (Lipinski definition) is 17. The van der Waals surface area contributed by atoms with Gasteiger partial charge in [-0.25, -0.2) is 19.2 Å². The molecular formula is C43H59NO17. The van der Waals surface area contributed by atoms with Gasteiger partial charge in [-0.1, -0.05) is 45.9 Å². The highest BCUT2D eigenvalue weighted by Gasteiger charge is 2.78. The second kappa shape index (κ2) is 16.6. The quantitative estimate of drug-likeness (QED) is 0.129. The normalized spacial score (nSPS) is 32.8. The summed E-state index contributed by atoms with van der Waals surface area (Å²) in [5, 5.41) is 50.0. The number of hydrogen-bond donors (Lipinski definition) is 5. The molecule has 4 aliphatic rings. The molecule has 5 rings (SSSR count). The van der Waals surface area contributed by atoms with E-state index in [1.165, 1.54) is 53.7 Å². The van der Waals surface area contributed by atoms with Gasteiger partial charge in [-0.3, -0.25) is 9.59 Å². The van der Waals surface area contributed by atoms with Crippen LogP contribution in [0.15, 0.2) is 41.5 Å². The summed E-state index contributed by atoms with van der Waals surface area (Å²) in [5.74, 6) is -5.82. The molecule has 1 saturated heterocycles. The van der Waals surface area contributed by atoms with Crippen molar-refractivity contribution in [3.63, 3.8) is 0 Å². The number of aliphatic hydroxyl groups is 4. The number of benzene rings is 1. The monoisotopic (exact) mass is 861 g/mol. The van der Waals surface area contributed by atoms with Crippen LogP contribution in [0.25, 0.3) is 0 Å². The lowest BCUT2D eigenvalue weighted by atomic mass is 9.44. The predicted octanol–water partition coefficient (Wildman–Crippen LogP) is 2.70. The van der Waals surface area contributed by atoms with Gasteiger partial charge in [-0.15, -0.1) is 0 Å². The predicted molar refractivity (Wildman–Crippen MR) is 210 cm³/mol. The molecule has 18 heteroatoms. The summed E-state index contributed by atoms with van der Waals surface area (Å²) in [6.45, 7) is 13.6. The molecule has 18 nitrogen and oxygen atoms in total. The molecule has 1 amide bonds. The van der Waals surface area contributed by atoms with E-state index in [1.807, 2.05) is 0 Å². The Labute approximate surface area is 354 Å². The van der Waals surface area contributed by atoms with E-state index in [0.29, 0.717) is 0 Å². The zero-order valence-corrected chi connectivity index (χ0v) is 36.4. The fraction of sp³-hybridized carbons (Fsp3) is 0.674. The van der Waals surface area contributed by atoms with Crippen molar-refractivity contribution < 1.29 is 82.4 Å². The average Bonchev–Trinajstić information content (AvgIpc) is 3.17. The maximum Gasteiger partial charge on any atom is 0.508 e. The van der Waals surface area contributed by atoms with Crippen molar-refractivity contribution in [3.05, 3.63) is 47.0 Å². The van der Waals surface area contributed by atoms with Crippen molar-refractivity contribution in [3.8, 4) is 0 Å². The lowest BCUT2D eigenvalue weighted by Gasteiger charge is -2.67. The molecule has 11 unspecified atom stereocenters. The third-order valence-electron chi connectivity index (χ3n) is 13.0. The van der Waals surface area contributed by atoms with Crippen molar-refractivity contribution in [1.29, 1.82) is 0 Å². The number of nitrogens with one attached hydrogen (secondary N) is 1. The molecule has 338 valence electrons. The molecule has 0 aromatic heterocycles. The van der Waals surface area contributed by atoms with Crippen molar-refractivity contribution in [2.24, 2.45) is 22.2 Å². The van der Waals surface area contributed by atoms with Gasteiger partial charge < -0.3 is 58.9 Å². The molecule has 1 aromatic rings. The Morgan fingerprint density at radius 2 is 1.62 bits per heavy atom. The number of aliphatic hydroxyl groups excluding tert-OH is 3. The van der Waals surface area contributed by atoms with Crippen molar-refractivity contribution in [2.45, 2.75) is 142 Å². The average molecular weight is 862 g/mol. The van der Waals surface area contributed by atoms with Gasteiger partial charge in [-0.2, -0.15) is 0 Å². The van der Waals surface area contributed by atoms with Gasteiger partial charge >= 0.3 is 30.2 Å². The summed E-state index contributed by atoms with van der Waals surface area (Å²) in [7, 11) is 1.05. The third kappa shape index (κ3) is 8.24. The Balaban J connectivity index is 1.75. The first-order valence-electron chi connectivity index (χ1n) is 20.1. The first-order chi connectivity index (χ1) is 28.1. The Bertz CT molecular complexity index is 1940. The van der Waals surface area contributed by atoms with E-state index >= 15 is 4.79 Å². The molecule has 0 radical (unpaired) electrons. The highest BCUT2D eigenvalue weighted by atomic mass is 16.8. The summed E-state index contributed by atoms with van der Waals surface area (Å²) in [6.07, 6.45) is -13.4. The van der Waals surface area contributed by atoms with Crippen molar-refractivity contribution in [2.75, 3.05) is 20.3 Å². The van der Waals surface area contributed by atoms with Crippen LogP contribution in [0.3, 0.4) is 0 Å². The molecule has 1 aliphatic heterocycles. The minimum Gasteiger partial charge on any atom is -0.456 e. The van der Waals surface area contributed by atoms with Gasteiger partial charge in [0.15, 0.2) is 23.6 Å². The van der Waals surface area contributed by atoms with E-state index in [9.17, 15) is 44.4 Å². The first kappa shape index (κ1) is 47.4. The summed E-state index contributed by atoms with van der Waals surface area (Å²) in [5.41, 5.74) is -10.5. The Hall–Kier alpha value is -4.62. The van der Waals surface area contributed by atoms with E-state index < -0.39 is 137 Å². The zero-order chi connectivity index (χ0) is 45.8. The maximum atomic E-state index is 15.5. The second-order valence-corrected chi connectivity index (χ2v) is 18.9. The van der Waals surface area contributed by atoms with Gasteiger partial charge in [0.05, 0.1) is 49.4 Å². The fourth-order valence-corrected chi connectivity index (χ4v) is 9.53. The van der Waals surface area contributed by atoms with Gasteiger partial charge in [-0.05, 0) is 57.9 Å². The minimum atomic E-state index is -2.46. The van der Waals surface area contributed by atoms with Gasteiger partial charge in [0.25, 0.3) is 0 Å². The van der Waals surface area contributed by atoms with Crippen molar-refractivity contribution >= 4 is 35.9 Å². The van der Waals surface area contributed by atoms with Crippen LogP contribution in [-0.4, -0.2) is 136 Å². The summed E-state index contributed by atoms with van der Waals surface area (Å²) in [6, 6.07) is 6.19. The number of Topliss-reactive ketones (excluding diaryl/α,β-unsaturated/α-hetero) is 1. The third-order valence-corrected chi connectivity index (χ3v) is 13.0. The molecule has 0 spiro atoms. The molecule has 3 aliphatic carbocycles. The van der Waals surface area contributed by atoms with Gasteiger partial charge in [0, 0.05) is 30.6 Å². The number of carbonyl (C=O) groups excluding carboxylic acids is 6. The van der Waals surface area contributed by atoms with Crippen LogP contribution in [0.1, 0.15) is 92.4 Å². The molecule has 3 fully saturated rings. The Morgan fingerprint density at radius 3 is 2.15 bits per heavy atom. The maximum absolute atomic E-state index is 15.5. The van der Waals surface area contributed by atoms with Crippen LogP contribution in [-0.2, 0) is 47.5 Å². The van der Waals surface area contributed by atoms with E-state index in [-0.39, 0.29) is 23.1 Å². The number of carbonyl (C=O) groups is 6. The van der Waals surface area contributed by atoms with E-state index in [2.05, 4.69) is 5.32 Å². The smallest absolute Gasteiger partial charge is 0.456 e. The van der Waals surface area contributed by atoms with Gasteiger partial charge in [0.2, 0.25) is 0 Å². The van der Waals surface area contributed by atoms with Crippen LogP contribution in [0.4, 0.5) is 9.59 Å².